The fourth-order valence-corrected chi connectivity index (χ4v) is 3.15. The van der Waals surface area contributed by atoms with E-state index in [1.165, 1.54) is 25.8 Å². The minimum absolute atomic E-state index is 0.226. The Balaban J connectivity index is 2.01. The number of imide groups is 1. The lowest BCUT2D eigenvalue weighted by Gasteiger charge is -2.22. The van der Waals surface area contributed by atoms with Gasteiger partial charge in [-0.05, 0) is 49.6 Å². The van der Waals surface area contributed by atoms with E-state index in [1.54, 1.807) is 24.3 Å². The third-order valence-corrected chi connectivity index (χ3v) is 4.96. The second kappa shape index (κ2) is 10.7. The average Bonchev–Trinajstić information content (AvgIpc) is 3.15. The van der Waals surface area contributed by atoms with E-state index in [9.17, 15) is 19.2 Å². The first-order valence-electron chi connectivity index (χ1n) is 9.11. The average molecular weight is 423 g/mol. The zero-order chi connectivity index (χ0) is 21.4. The number of urea groups is 1. The van der Waals surface area contributed by atoms with Crippen LogP contribution in [0.25, 0.3) is 0 Å². The molecule has 1 heterocycles. The lowest BCUT2D eigenvalue weighted by molar-refractivity contribution is -0.159. The fraction of sp³-hybridized carbons (Fsp3) is 0.474. The zero-order valence-corrected chi connectivity index (χ0v) is 17.4. The Bertz CT molecular complexity index is 755. The molecule has 10 heteroatoms. The van der Waals surface area contributed by atoms with Gasteiger partial charge in [0, 0.05) is 18.7 Å². The predicted octanol–water partition coefficient (Wildman–Crippen LogP) is 1.03. The molecule has 0 aromatic heterocycles. The molecule has 1 aromatic carbocycles. The van der Waals surface area contributed by atoms with E-state index in [4.69, 9.17) is 9.47 Å². The highest BCUT2D eigenvalue weighted by molar-refractivity contribution is 7.98. The van der Waals surface area contributed by atoms with Gasteiger partial charge in [0.05, 0.1) is 7.11 Å². The number of hydrogen-bond acceptors (Lipinski definition) is 7. The number of rotatable bonds is 9. The van der Waals surface area contributed by atoms with Crippen LogP contribution in [0.2, 0.25) is 0 Å². The summed E-state index contributed by atoms with van der Waals surface area (Å²) in [7, 11) is 1.53. The zero-order valence-electron chi connectivity index (χ0n) is 16.6. The first-order valence-corrected chi connectivity index (χ1v) is 10.5. The molecule has 0 aliphatic carbocycles. The summed E-state index contributed by atoms with van der Waals surface area (Å²) in [5.41, 5.74) is 0.366. The first-order chi connectivity index (χ1) is 13.9. The van der Waals surface area contributed by atoms with Gasteiger partial charge in [-0.25, -0.2) is 9.59 Å². The lowest BCUT2D eigenvalue weighted by atomic mass is 10.1. The summed E-state index contributed by atoms with van der Waals surface area (Å²) in [6.45, 7) is 1.99. The molecule has 9 nitrogen and oxygen atoms in total. The van der Waals surface area contributed by atoms with Crippen molar-refractivity contribution in [1.29, 1.82) is 0 Å². The van der Waals surface area contributed by atoms with Crippen molar-refractivity contribution < 1.29 is 28.7 Å². The molecule has 2 rings (SSSR count). The highest BCUT2D eigenvalue weighted by Gasteiger charge is 2.33. The monoisotopic (exact) mass is 423 g/mol. The molecule has 2 atom stereocenters. The normalized spacial score (nSPS) is 15.3. The molecule has 0 spiro atoms. The molecule has 29 heavy (non-hydrogen) atoms. The van der Waals surface area contributed by atoms with Crippen LogP contribution in [-0.2, 0) is 14.3 Å². The summed E-state index contributed by atoms with van der Waals surface area (Å²) in [5.74, 6) is -0.536. The van der Waals surface area contributed by atoms with Crippen molar-refractivity contribution in [2.45, 2.75) is 25.5 Å². The number of hydrogen-bond donors (Lipinski definition) is 2. The molecule has 1 saturated heterocycles. The van der Waals surface area contributed by atoms with Crippen LogP contribution in [0.3, 0.4) is 0 Å². The van der Waals surface area contributed by atoms with Gasteiger partial charge in [-0.1, -0.05) is 0 Å². The number of thioether (sulfide) groups is 1. The van der Waals surface area contributed by atoms with Gasteiger partial charge in [0.1, 0.15) is 11.8 Å². The molecule has 1 aromatic rings. The number of esters is 1. The topological polar surface area (TPSA) is 114 Å². The van der Waals surface area contributed by atoms with E-state index in [1.807, 2.05) is 6.26 Å². The largest absolute Gasteiger partial charge is 0.497 e. The van der Waals surface area contributed by atoms with Gasteiger partial charge in [-0.3, -0.25) is 14.5 Å². The van der Waals surface area contributed by atoms with Gasteiger partial charge >= 0.3 is 12.0 Å². The summed E-state index contributed by atoms with van der Waals surface area (Å²) >= 11 is 1.52. The van der Waals surface area contributed by atoms with Crippen molar-refractivity contribution >= 4 is 35.6 Å². The van der Waals surface area contributed by atoms with Crippen LogP contribution in [0.1, 0.15) is 23.7 Å². The number of ether oxygens (including phenoxy) is 2. The molecular formula is C19H25N3O6S. The minimum atomic E-state index is -1.14. The summed E-state index contributed by atoms with van der Waals surface area (Å²) in [6.07, 6.45) is 1.08. The van der Waals surface area contributed by atoms with Crippen molar-refractivity contribution in [3.63, 3.8) is 0 Å². The molecule has 0 unspecified atom stereocenters. The Kier molecular flexibility index (Phi) is 8.32. The maximum absolute atomic E-state index is 12.6. The van der Waals surface area contributed by atoms with Crippen LogP contribution >= 0.6 is 11.8 Å². The molecule has 1 fully saturated rings. The Morgan fingerprint density at radius 1 is 1.28 bits per heavy atom. The highest BCUT2D eigenvalue weighted by Crippen LogP contribution is 2.13. The van der Waals surface area contributed by atoms with Crippen LogP contribution in [0.5, 0.6) is 5.75 Å². The standard InChI is InChI=1S/C19H25N3O6S/c1-12(17(24)22-10-9-20-19(22)26)28-18(25)15(8-11-29-3)21-16(23)13-4-6-14(27-2)7-5-13/h4-7,12,15H,8-11H2,1-3H3,(H,20,26)(H,21,23)/t12-,15-/m0/s1. The fourth-order valence-electron chi connectivity index (χ4n) is 2.68. The quantitative estimate of drug-likeness (QED) is 0.570. The second-order valence-electron chi connectivity index (χ2n) is 6.34. The summed E-state index contributed by atoms with van der Waals surface area (Å²) in [4.78, 5) is 50.0. The van der Waals surface area contributed by atoms with Crippen LogP contribution in [-0.4, -0.2) is 73.1 Å². The molecule has 0 saturated carbocycles. The molecule has 0 radical (unpaired) electrons. The smallest absolute Gasteiger partial charge is 0.329 e. The van der Waals surface area contributed by atoms with Crippen molar-refractivity contribution in [3.8, 4) is 5.75 Å². The SMILES string of the molecule is COc1ccc(C(=O)N[C@@H](CCSC)C(=O)O[C@@H](C)C(=O)N2CCNC2=O)cc1. The van der Waals surface area contributed by atoms with Crippen LogP contribution in [0.15, 0.2) is 24.3 Å². The second-order valence-corrected chi connectivity index (χ2v) is 7.32. The van der Waals surface area contributed by atoms with E-state index >= 15 is 0 Å². The maximum atomic E-state index is 12.6. The van der Waals surface area contributed by atoms with Crippen LogP contribution in [0, 0.1) is 0 Å². The number of methoxy groups -OCH3 is 1. The molecule has 0 bridgehead atoms. The molecule has 1 aliphatic rings. The minimum Gasteiger partial charge on any atom is -0.497 e. The number of carbonyl (C=O) groups is 4. The van der Waals surface area contributed by atoms with Crippen LogP contribution < -0.4 is 15.4 Å². The summed E-state index contributed by atoms with van der Waals surface area (Å²) in [6, 6.07) is 5.04. The van der Waals surface area contributed by atoms with E-state index in [2.05, 4.69) is 10.6 Å². The van der Waals surface area contributed by atoms with Gasteiger partial charge in [-0.15, -0.1) is 0 Å². The number of nitrogens with one attached hydrogen (secondary N) is 2. The third kappa shape index (κ3) is 6.11. The van der Waals surface area contributed by atoms with E-state index in [0.29, 0.717) is 30.0 Å². The van der Waals surface area contributed by atoms with E-state index < -0.39 is 36.0 Å². The van der Waals surface area contributed by atoms with E-state index in [0.717, 1.165) is 4.90 Å². The summed E-state index contributed by atoms with van der Waals surface area (Å²) < 4.78 is 10.3. The molecular weight excluding hydrogens is 398 g/mol. The Morgan fingerprint density at radius 2 is 1.97 bits per heavy atom. The van der Waals surface area contributed by atoms with Gasteiger partial charge in [0.15, 0.2) is 6.10 Å². The highest BCUT2D eigenvalue weighted by atomic mass is 32.2. The lowest BCUT2D eigenvalue weighted by Crippen LogP contribution is -2.46. The summed E-state index contributed by atoms with van der Waals surface area (Å²) in [5, 5.41) is 5.17. The van der Waals surface area contributed by atoms with Gasteiger partial charge in [-0.2, -0.15) is 11.8 Å². The van der Waals surface area contributed by atoms with Gasteiger partial charge < -0.3 is 20.1 Å². The Hall–Kier alpha value is -2.75. The predicted molar refractivity (Wildman–Crippen MR) is 108 cm³/mol. The van der Waals surface area contributed by atoms with Crippen LogP contribution in [0.4, 0.5) is 4.79 Å². The van der Waals surface area contributed by atoms with Crippen molar-refractivity contribution in [2.75, 3.05) is 32.2 Å². The Morgan fingerprint density at radius 3 is 2.52 bits per heavy atom. The molecule has 2 N–H and O–H groups in total. The number of carbonyl (C=O) groups excluding carboxylic acids is 4. The molecule has 158 valence electrons. The van der Waals surface area contributed by atoms with Gasteiger partial charge in [0.25, 0.3) is 11.8 Å². The van der Waals surface area contributed by atoms with Crippen molar-refractivity contribution in [2.24, 2.45) is 0 Å². The Labute approximate surface area is 173 Å². The number of amides is 4. The number of benzene rings is 1. The third-order valence-electron chi connectivity index (χ3n) is 4.32. The van der Waals surface area contributed by atoms with E-state index in [-0.39, 0.29) is 6.54 Å². The first kappa shape index (κ1) is 22.5. The van der Waals surface area contributed by atoms with Crippen molar-refractivity contribution in [1.82, 2.24) is 15.5 Å². The maximum Gasteiger partial charge on any atom is 0.329 e. The number of nitrogens with zero attached hydrogens (tertiary/aromatic N) is 1. The molecule has 1 aliphatic heterocycles. The molecule has 4 amide bonds. The van der Waals surface area contributed by atoms with Gasteiger partial charge in [0.2, 0.25) is 0 Å². The van der Waals surface area contributed by atoms with Crippen molar-refractivity contribution in [3.05, 3.63) is 29.8 Å².